The summed E-state index contributed by atoms with van der Waals surface area (Å²) in [6, 6.07) is 1.80. The van der Waals surface area contributed by atoms with E-state index >= 15 is 0 Å². The molecule has 1 aromatic carbocycles. The van der Waals surface area contributed by atoms with E-state index in [0.29, 0.717) is 6.42 Å². The van der Waals surface area contributed by atoms with E-state index in [2.05, 4.69) is 4.74 Å². The minimum atomic E-state index is -4.24. The molecule has 0 saturated heterocycles. The molecule has 21 heavy (non-hydrogen) atoms. The third-order valence-electron chi connectivity index (χ3n) is 2.76. The Labute approximate surface area is 123 Å². The maximum atomic E-state index is 13.8. The van der Waals surface area contributed by atoms with Crippen molar-refractivity contribution in [2.45, 2.75) is 37.7 Å². The van der Waals surface area contributed by atoms with Gasteiger partial charge in [-0.3, -0.25) is 0 Å². The van der Waals surface area contributed by atoms with Crippen molar-refractivity contribution >= 4 is 16.0 Å². The molecule has 0 fully saturated rings. The zero-order chi connectivity index (χ0) is 16.2. The lowest BCUT2D eigenvalue weighted by Gasteiger charge is -2.14. The molecule has 0 spiro atoms. The third-order valence-corrected chi connectivity index (χ3v) is 3.68. The number of carbonyl (C=O) groups is 1. The van der Waals surface area contributed by atoms with Crippen LogP contribution >= 0.6 is 0 Å². The van der Waals surface area contributed by atoms with Gasteiger partial charge in [0.05, 0.1) is 18.8 Å². The van der Waals surface area contributed by atoms with Gasteiger partial charge in [-0.2, -0.15) is 0 Å². The van der Waals surface area contributed by atoms with Gasteiger partial charge in [0.25, 0.3) is 0 Å². The Morgan fingerprint density at radius 3 is 2.52 bits per heavy atom. The van der Waals surface area contributed by atoms with Gasteiger partial charge in [0.2, 0.25) is 10.0 Å². The number of carbonyl (C=O) groups excluding carboxylic acids is 1. The summed E-state index contributed by atoms with van der Waals surface area (Å²) in [5, 5.41) is 4.99. The number of hydrogen-bond donors (Lipinski definition) is 1. The van der Waals surface area contributed by atoms with Gasteiger partial charge in [-0.05, 0) is 25.5 Å². The summed E-state index contributed by atoms with van der Waals surface area (Å²) in [5.41, 5.74) is -0.236. The topological polar surface area (TPSA) is 95.7 Å². The fourth-order valence-corrected chi connectivity index (χ4v) is 2.54. The van der Waals surface area contributed by atoms with Gasteiger partial charge in [-0.15, -0.1) is 0 Å². The highest BCUT2D eigenvalue weighted by molar-refractivity contribution is 7.89. The Morgan fingerprint density at radius 2 is 2.05 bits per heavy atom. The zero-order valence-electron chi connectivity index (χ0n) is 12.1. The van der Waals surface area contributed by atoms with Crippen molar-refractivity contribution in [2.24, 2.45) is 5.14 Å². The van der Waals surface area contributed by atoms with E-state index in [4.69, 9.17) is 9.88 Å². The lowest BCUT2D eigenvalue weighted by Crippen LogP contribution is -2.18. The number of sulfonamides is 1. The monoisotopic (exact) mass is 319 g/mol. The summed E-state index contributed by atoms with van der Waals surface area (Å²) < 4.78 is 46.5. The minimum Gasteiger partial charge on any atom is -0.492 e. The smallest absolute Gasteiger partial charge is 0.338 e. The van der Waals surface area contributed by atoms with Gasteiger partial charge in [0.1, 0.15) is 4.90 Å². The van der Waals surface area contributed by atoms with Crippen molar-refractivity contribution in [3.05, 3.63) is 23.5 Å². The Balaban J connectivity index is 3.22. The number of ether oxygens (including phenoxy) is 2. The highest BCUT2D eigenvalue weighted by atomic mass is 32.2. The van der Waals surface area contributed by atoms with Gasteiger partial charge in [-0.1, -0.05) is 13.3 Å². The minimum absolute atomic E-state index is 0.236. The molecule has 118 valence electrons. The second-order valence-corrected chi connectivity index (χ2v) is 6.07. The average molecular weight is 319 g/mol. The number of nitrogens with two attached hydrogens (primary N) is 1. The van der Waals surface area contributed by atoms with Crippen LogP contribution in [0.5, 0.6) is 5.75 Å². The Morgan fingerprint density at radius 1 is 1.43 bits per heavy atom. The summed E-state index contributed by atoms with van der Waals surface area (Å²) in [7, 11) is -3.13. The number of primary sulfonamides is 1. The molecule has 2 N–H and O–H groups in total. The quantitative estimate of drug-likeness (QED) is 0.807. The number of esters is 1. The van der Waals surface area contributed by atoms with E-state index in [1.165, 1.54) is 0 Å². The molecule has 0 aromatic heterocycles. The van der Waals surface area contributed by atoms with Crippen molar-refractivity contribution in [1.82, 2.24) is 0 Å². The first-order valence-corrected chi connectivity index (χ1v) is 7.86. The molecule has 0 aliphatic carbocycles. The van der Waals surface area contributed by atoms with E-state index in [-0.39, 0.29) is 11.7 Å². The van der Waals surface area contributed by atoms with Crippen molar-refractivity contribution in [1.29, 1.82) is 0 Å². The SMILES string of the molecule is CCCC(C)OC(=O)c1cc(F)c(OC)c(S(N)(=O)=O)c1. The first kappa shape index (κ1) is 17.4. The molecule has 0 aliphatic rings. The molecule has 1 atom stereocenters. The predicted molar refractivity (Wildman–Crippen MR) is 74.1 cm³/mol. The molecule has 6 nitrogen and oxygen atoms in total. The van der Waals surface area contributed by atoms with Crippen molar-refractivity contribution in [2.75, 3.05) is 7.11 Å². The largest absolute Gasteiger partial charge is 0.492 e. The second-order valence-electron chi connectivity index (χ2n) is 4.54. The Kier molecular flexibility index (Phi) is 5.68. The number of benzene rings is 1. The maximum absolute atomic E-state index is 13.8. The van der Waals surface area contributed by atoms with E-state index in [9.17, 15) is 17.6 Å². The van der Waals surface area contributed by atoms with Crippen LogP contribution in [0.1, 0.15) is 37.0 Å². The molecule has 0 heterocycles. The van der Waals surface area contributed by atoms with Crippen LogP contribution in [0.2, 0.25) is 0 Å². The normalized spacial score (nSPS) is 12.8. The summed E-state index contributed by atoms with van der Waals surface area (Å²) in [4.78, 5) is 11.3. The summed E-state index contributed by atoms with van der Waals surface area (Å²) in [5.74, 6) is -2.35. The summed E-state index contributed by atoms with van der Waals surface area (Å²) in [6.45, 7) is 3.62. The predicted octanol–water partition coefficient (Wildman–Crippen LogP) is 1.83. The number of hydrogen-bond acceptors (Lipinski definition) is 5. The van der Waals surface area contributed by atoms with Crippen molar-refractivity contribution in [3.8, 4) is 5.75 Å². The number of rotatable bonds is 6. The highest BCUT2D eigenvalue weighted by Gasteiger charge is 2.23. The van der Waals surface area contributed by atoms with Crippen LogP contribution in [-0.2, 0) is 14.8 Å². The van der Waals surface area contributed by atoms with Crippen LogP contribution in [0.25, 0.3) is 0 Å². The molecule has 1 unspecified atom stereocenters. The highest BCUT2D eigenvalue weighted by Crippen LogP contribution is 2.28. The molecule has 8 heteroatoms. The lowest BCUT2D eigenvalue weighted by molar-refractivity contribution is 0.0322. The van der Waals surface area contributed by atoms with Crippen LogP contribution < -0.4 is 9.88 Å². The first-order chi connectivity index (χ1) is 9.70. The van der Waals surface area contributed by atoms with Gasteiger partial charge in [0, 0.05) is 0 Å². The molecule has 1 rings (SSSR count). The van der Waals surface area contributed by atoms with Crippen molar-refractivity contribution in [3.63, 3.8) is 0 Å². The zero-order valence-corrected chi connectivity index (χ0v) is 12.9. The third kappa shape index (κ3) is 4.40. The van der Waals surface area contributed by atoms with Crippen LogP contribution in [0.4, 0.5) is 4.39 Å². The Hall–Kier alpha value is -1.67. The Bertz CT molecular complexity index is 630. The lowest BCUT2D eigenvalue weighted by atomic mass is 10.2. The van der Waals surface area contributed by atoms with E-state index in [1.54, 1.807) is 6.92 Å². The van der Waals surface area contributed by atoms with Crippen LogP contribution in [-0.4, -0.2) is 27.6 Å². The molecule has 0 radical (unpaired) electrons. The maximum Gasteiger partial charge on any atom is 0.338 e. The molecule has 0 amide bonds. The van der Waals surface area contributed by atoms with Gasteiger partial charge < -0.3 is 9.47 Å². The fraction of sp³-hybridized carbons (Fsp3) is 0.462. The average Bonchev–Trinajstić information content (AvgIpc) is 2.36. The van der Waals surface area contributed by atoms with E-state index in [0.717, 1.165) is 25.7 Å². The van der Waals surface area contributed by atoms with Crippen molar-refractivity contribution < 1.29 is 27.1 Å². The summed E-state index contributed by atoms with van der Waals surface area (Å²) >= 11 is 0. The van der Waals surface area contributed by atoms with Gasteiger partial charge in [0.15, 0.2) is 11.6 Å². The molecular formula is C13H18FNO5S. The fourth-order valence-electron chi connectivity index (χ4n) is 1.81. The van der Waals surface area contributed by atoms with E-state index in [1.807, 2.05) is 6.92 Å². The summed E-state index contributed by atoms with van der Waals surface area (Å²) in [6.07, 6.45) is 1.10. The van der Waals surface area contributed by atoms with Gasteiger partial charge in [-0.25, -0.2) is 22.7 Å². The van der Waals surface area contributed by atoms with Crippen LogP contribution in [0, 0.1) is 5.82 Å². The first-order valence-electron chi connectivity index (χ1n) is 6.32. The van der Waals surface area contributed by atoms with Crippen LogP contribution in [0.3, 0.4) is 0 Å². The second kappa shape index (κ2) is 6.86. The standard InChI is InChI=1S/C13H18FNO5S/c1-4-5-8(2)20-13(16)9-6-10(14)12(19-3)11(7-9)21(15,17)18/h6-8H,4-5H2,1-3H3,(H2,15,17,18). The molecular weight excluding hydrogens is 301 g/mol. The van der Waals surface area contributed by atoms with E-state index < -0.39 is 32.5 Å². The number of methoxy groups -OCH3 is 1. The molecule has 0 bridgehead atoms. The molecule has 0 aliphatic heterocycles. The number of halogens is 1. The molecule has 0 saturated carbocycles. The van der Waals surface area contributed by atoms with Gasteiger partial charge >= 0.3 is 5.97 Å². The molecule has 1 aromatic rings. The van der Waals surface area contributed by atoms with Crippen LogP contribution in [0.15, 0.2) is 17.0 Å².